The van der Waals surface area contributed by atoms with Crippen LogP contribution in [0.2, 0.25) is 0 Å². The van der Waals surface area contributed by atoms with Crippen molar-refractivity contribution in [2.45, 2.75) is 44.0 Å². The van der Waals surface area contributed by atoms with Crippen molar-refractivity contribution in [3.05, 3.63) is 66.0 Å². The number of benzene rings is 2. The van der Waals surface area contributed by atoms with Gasteiger partial charge >= 0.3 is 0 Å². The Labute approximate surface area is 182 Å². The summed E-state index contributed by atoms with van der Waals surface area (Å²) in [5.41, 5.74) is 2.10. The Morgan fingerprint density at radius 1 is 1.10 bits per heavy atom. The van der Waals surface area contributed by atoms with E-state index in [1.807, 2.05) is 67.8 Å². The second-order valence-electron chi connectivity index (χ2n) is 6.87. The average Bonchev–Trinajstić information content (AvgIpc) is 3.15. The molecule has 1 amide bonds. The van der Waals surface area contributed by atoms with E-state index >= 15 is 0 Å². The number of hydrogen-bond acceptors (Lipinski definition) is 5. The van der Waals surface area contributed by atoms with Gasteiger partial charge in [-0.3, -0.25) is 9.36 Å². The number of hydrogen-bond donors (Lipinski definition) is 1. The molecule has 0 bridgehead atoms. The highest BCUT2D eigenvalue weighted by Gasteiger charge is 2.21. The van der Waals surface area contributed by atoms with E-state index in [9.17, 15) is 4.79 Å². The fourth-order valence-electron chi connectivity index (χ4n) is 2.99. The van der Waals surface area contributed by atoms with Gasteiger partial charge in [-0.15, -0.1) is 10.2 Å². The van der Waals surface area contributed by atoms with Crippen LogP contribution in [0.5, 0.6) is 5.75 Å². The molecular formula is C23H28N4O2S. The molecule has 3 aromatic rings. The minimum absolute atomic E-state index is 0.00713. The number of nitrogens with one attached hydrogen (secondary N) is 1. The number of rotatable bonds is 10. The molecule has 2 aromatic carbocycles. The van der Waals surface area contributed by atoms with Gasteiger partial charge in [-0.2, -0.15) is 0 Å². The van der Waals surface area contributed by atoms with Gasteiger partial charge in [-0.25, -0.2) is 0 Å². The fraction of sp³-hybridized carbons (Fsp3) is 0.348. The quantitative estimate of drug-likeness (QED) is 0.493. The summed E-state index contributed by atoms with van der Waals surface area (Å²) >= 11 is 1.42. The molecule has 0 aliphatic carbocycles. The SMILES string of the molecule is CCCNC(=O)C(C)Sc1nnc(Cc2ccccc2)n1-c1ccc(OCC)cc1. The Hall–Kier alpha value is -2.80. The first-order valence-corrected chi connectivity index (χ1v) is 11.2. The lowest BCUT2D eigenvalue weighted by Crippen LogP contribution is -2.31. The maximum atomic E-state index is 12.4. The Bertz CT molecular complexity index is 942. The molecule has 7 heteroatoms. The first-order chi connectivity index (χ1) is 14.6. The van der Waals surface area contributed by atoms with E-state index in [0.717, 1.165) is 29.2 Å². The molecular weight excluding hydrogens is 396 g/mol. The summed E-state index contributed by atoms with van der Waals surface area (Å²) in [7, 11) is 0. The molecule has 0 aliphatic heterocycles. The van der Waals surface area contributed by atoms with Gasteiger partial charge in [0, 0.05) is 18.7 Å². The van der Waals surface area contributed by atoms with Gasteiger partial charge in [0.2, 0.25) is 5.91 Å². The van der Waals surface area contributed by atoms with Gasteiger partial charge in [0.15, 0.2) is 5.16 Å². The van der Waals surface area contributed by atoms with Crippen LogP contribution in [0.15, 0.2) is 59.8 Å². The molecule has 0 saturated heterocycles. The summed E-state index contributed by atoms with van der Waals surface area (Å²) in [5, 5.41) is 12.2. The smallest absolute Gasteiger partial charge is 0.233 e. The van der Waals surface area contributed by atoms with Crippen molar-refractivity contribution in [2.24, 2.45) is 0 Å². The zero-order valence-corrected chi connectivity index (χ0v) is 18.5. The van der Waals surface area contributed by atoms with Crippen LogP contribution < -0.4 is 10.1 Å². The Balaban J connectivity index is 1.91. The minimum Gasteiger partial charge on any atom is -0.494 e. The molecule has 30 heavy (non-hydrogen) atoms. The largest absolute Gasteiger partial charge is 0.494 e. The molecule has 6 nitrogen and oxygen atoms in total. The third-order valence-electron chi connectivity index (χ3n) is 4.51. The Morgan fingerprint density at radius 3 is 2.50 bits per heavy atom. The van der Waals surface area contributed by atoms with Crippen molar-refractivity contribution >= 4 is 17.7 Å². The highest BCUT2D eigenvalue weighted by molar-refractivity contribution is 8.00. The lowest BCUT2D eigenvalue weighted by molar-refractivity contribution is -0.120. The molecule has 3 rings (SSSR count). The number of nitrogens with zero attached hydrogens (tertiary/aromatic N) is 3. The fourth-order valence-corrected chi connectivity index (χ4v) is 3.90. The topological polar surface area (TPSA) is 69.0 Å². The second kappa shape index (κ2) is 10.8. The van der Waals surface area contributed by atoms with E-state index in [2.05, 4.69) is 27.6 Å². The maximum absolute atomic E-state index is 12.4. The zero-order valence-electron chi connectivity index (χ0n) is 17.7. The molecule has 1 atom stereocenters. The van der Waals surface area contributed by atoms with Crippen LogP contribution in [0.4, 0.5) is 0 Å². The van der Waals surface area contributed by atoms with Crippen molar-refractivity contribution < 1.29 is 9.53 Å². The van der Waals surface area contributed by atoms with Gasteiger partial charge in [-0.1, -0.05) is 49.0 Å². The first-order valence-electron chi connectivity index (χ1n) is 10.3. The first kappa shape index (κ1) is 21.9. The number of carbonyl (C=O) groups excluding carboxylic acids is 1. The third-order valence-corrected chi connectivity index (χ3v) is 5.55. The van der Waals surface area contributed by atoms with Crippen LogP contribution in [0, 0.1) is 0 Å². The molecule has 0 fully saturated rings. The third kappa shape index (κ3) is 5.63. The van der Waals surface area contributed by atoms with Crippen LogP contribution in [-0.4, -0.2) is 39.1 Å². The lowest BCUT2D eigenvalue weighted by Gasteiger charge is -2.14. The average molecular weight is 425 g/mol. The lowest BCUT2D eigenvalue weighted by atomic mass is 10.1. The molecule has 0 saturated carbocycles. The van der Waals surface area contributed by atoms with Crippen molar-refractivity contribution in [1.29, 1.82) is 0 Å². The number of carbonyl (C=O) groups is 1. The van der Waals surface area contributed by atoms with Crippen LogP contribution in [-0.2, 0) is 11.2 Å². The van der Waals surface area contributed by atoms with Gasteiger partial charge in [0.1, 0.15) is 11.6 Å². The van der Waals surface area contributed by atoms with Gasteiger partial charge in [0.05, 0.1) is 11.9 Å². The van der Waals surface area contributed by atoms with Crippen LogP contribution in [0.25, 0.3) is 5.69 Å². The summed E-state index contributed by atoms with van der Waals surface area (Å²) in [5.74, 6) is 1.65. The predicted molar refractivity (Wildman–Crippen MR) is 120 cm³/mol. The molecule has 1 aromatic heterocycles. The summed E-state index contributed by atoms with van der Waals surface area (Å²) in [6.07, 6.45) is 1.56. The van der Waals surface area contributed by atoms with E-state index in [-0.39, 0.29) is 11.2 Å². The zero-order chi connectivity index (χ0) is 21.3. The Kier molecular flexibility index (Phi) is 7.90. The molecule has 1 heterocycles. The van der Waals surface area contributed by atoms with Gasteiger partial charge < -0.3 is 10.1 Å². The number of ether oxygens (including phenoxy) is 1. The van der Waals surface area contributed by atoms with Crippen molar-refractivity contribution in [2.75, 3.05) is 13.2 Å². The number of thioether (sulfide) groups is 1. The van der Waals surface area contributed by atoms with E-state index in [0.29, 0.717) is 24.7 Å². The summed E-state index contributed by atoms with van der Waals surface area (Å²) in [4.78, 5) is 12.4. The number of amides is 1. The molecule has 1 N–H and O–H groups in total. The van der Waals surface area contributed by atoms with Crippen LogP contribution in [0.3, 0.4) is 0 Å². The van der Waals surface area contributed by atoms with Crippen molar-refractivity contribution in [3.8, 4) is 11.4 Å². The minimum atomic E-state index is -0.272. The number of aromatic nitrogens is 3. The van der Waals surface area contributed by atoms with Crippen LogP contribution >= 0.6 is 11.8 Å². The molecule has 0 radical (unpaired) electrons. The maximum Gasteiger partial charge on any atom is 0.233 e. The highest BCUT2D eigenvalue weighted by Crippen LogP contribution is 2.28. The van der Waals surface area contributed by atoms with E-state index < -0.39 is 0 Å². The monoisotopic (exact) mass is 424 g/mol. The van der Waals surface area contributed by atoms with Crippen molar-refractivity contribution in [3.63, 3.8) is 0 Å². The summed E-state index contributed by atoms with van der Waals surface area (Å²) < 4.78 is 7.59. The Morgan fingerprint density at radius 2 is 1.83 bits per heavy atom. The van der Waals surface area contributed by atoms with E-state index in [4.69, 9.17) is 4.74 Å². The summed E-state index contributed by atoms with van der Waals surface area (Å²) in [6.45, 7) is 7.19. The second-order valence-corrected chi connectivity index (χ2v) is 8.18. The standard InChI is InChI=1S/C23H28N4O2S/c1-4-15-24-22(28)17(3)30-23-26-25-21(16-18-9-7-6-8-10-18)27(23)19-11-13-20(14-12-19)29-5-2/h6-14,17H,4-5,15-16H2,1-3H3,(H,24,28). The van der Waals surface area contributed by atoms with Crippen LogP contribution in [0.1, 0.15) is 38.6 Å². The van der Waals surface area contributed by atoms with E-state index in [1.54, 1.807) is 0 Å². The van der Waals surface area contributed by atoms with Gasteiger partial charge in [-0.05, 0) is 50.1 Å². The predicted octanol–water partition coefficient (Wildman–Crippen LogP) is 4.26. The van der Waals surface area contributed by atoms with E-state index in [1.165, 1.54) is 11.8 Å². The molecule has 0 spiro atoms. The molecule has 1 unspecified atom stereocenters. The normalized spacial score (nSPS) is 11.8. The highest BCUT2D eigenvalue weighted by atomic mass is 32.2. The van der Waals surface area contributed by atoms with Gasteiger partial charge in [0.25, 0.3) is 0 Å². The van der Waals surface area contributed by atoms with Crippen molar-refractivity contribution in [1.82, 2.24) is 20.1 Å². The molecule has 158 valence electrons. The summed E-state index contributed by atoms with van der Waals surface area (Å²) in [6, 6.07) is 18.1. The molecule has 0 aliphatic rings.